The number of aliphatic hydroxyl groups is 1. The molecule has 0 aliphatic heterocycles. The van der Waals surface area contributed by atoms with Crippen LogP contribution in [0.4, 0.5) is 0 Å². The summed E-state index contributed by atoms with van der Waals surface area (Å²) in [5, 5.41) is 11.0. The van der Waals surface area contributed by atoms with E-state index in [0.29, 0.717) is 11.6 Å². The fourth-order valence-electron chi connectivity index (χ4n) is 1.81. The van der Waals surface area contributed by atoms with Crippen LogP contribution in [-0.4, -0.2) is 11.7 Å². The van der Waals surface area contributed by atoms with Crippen LogP contribution < -0.4 is 4.74 Å². The Morgan fingerprint density at radius 2 is 1.89 bits per heavy atom. The Bertz CT molecular complexity index is 555. The van der Waals surface area contributed by atoms with Gasteiger partial charge >= 0.3 is 0 Å². The van der Waals surface area contributed by atoms with Gasteiger partial charge in [-0.1, -0.05) is 45.7 Å². The highest BCUT2D eigenvalue weighted by Crippen LogP contribution is 2.31. The number of rotatable bonds is 4. The number of benzene rings is 2. The Morgan fingerprint density at radius 1 is 1.21 bits per heavy atom. The van der Waals surface area contributed by atoms with Crippen LogP contribution in [-0.2, 0) is 0 Å². The van der Waals surface area contributed by atoms with Crippen LogP contribution in [0.15, 0.2) is 46.9 Å². The van der Waals surface area contributed by atoms with Crippen LogP contribution >= 0.6 is 27.5 Å². The Kier molecular flexibility index (Phi) is 4.86. The molecular formula is C15H14BrClO2. The van der Waals surface area contributed by atoms with Gasteiger partial charge in [0.25, 0.3) is 0 Å². The second kappa shape index (κ2) is 6.42. The average molecular weight is 342 g/mol. The highest BCUT2D eigenvalue weighted by atomic mass is 79.9. The molecule has 19 heavy (non-hydrogen) atoms. The van der Waals surface area contributed by atoms with Crippen molar-refractivity contribution in [2.45, 2.75) is 13.0 Å². The van der Waals surface area contributed by atoms with E-state index in [1.54, 1.807) is 12.1 Å². The molecule has 1 atom stereocenters. The van der Waals surface area contributed by atoms with E-state index in [4.69, 9.17) is 16.3 Å². The molecule has 0 aliphatic rings. The van der Waals surface area contributed by atoms with E-state index in [2.05, 4.69) is 15.9 Å². The summed E-state index contributed by atoms with van der Waals surface area (Å²) in [4.78, 5) is 0. The van der Waals surface area contributed by atoms with Crippen LogP contribution in [0.5, 0.6) is 5.75 Å². The number of aliphatic hydroxyl groups excluding tert-OH is 1. The van der Waals surface area contributed by atoms with Gasteiger partial charge in [-0.3, -0.25) is 0 Å². The fourth-order valence-corrected chi connectivity index (χ4v) is 2.51. The van der Waals surface area contributed by atoms with Crippen LogP contribution in [0, 0.1) is 0 Å². The second-order valence-electron chi connectivity index (χ2n) is 4.07. The van der Waals surface area contributed by atoms with E-state index < -0.39 is 6.10 Å². The number of hydrogen-bond donors (Lipinski definition) is 1. The molecule has 2 rings (SSSR count). The molecule has 4 heteroatoms. The van der Waals surface area contributed by atoms with Crippen molar-refractivity contribution in [1.82, 2.24) is 0 Å². The first-order valence-electron chi connectivity index (χ1n) is 5.97. The third-order valence-electron chi connectivity index (χ3n) is 2.76. The minimum atomic E-state index is -0.692. The third-order valence-corrected chi connectivity index (χ3v) is 3.70. The van der Waals surface area contributed by atoms with Crippen molar-refractivity contribution in [3.8, 4) is 5.75 Å². The zero-order valence-corrected chi connectivity index (χ0v) is 12.8. The maximum absolute atomic E-state index is 10.4. The first kappa shape index (κ1) is 14.4. The lowest BCUT2D eigenvalue weighted by Crippen LogP contribution is -2.01. The predicted molar refractivity (Wildman–Crippen MR) is 80.8 cm³/mol. The van der Waals surface area contributed by atoms with Gasteiger partial charge in [0.1, 0.15) is 11.9 Å². The Hall–Kier alpha value is -1.03. The van der Waals surface area contributed by atoms with Crippen LogP contribution in [0.2, 0.25) is 5.02 Å². The molecular weight excluding hydrogens is 328 g/mol. The van der Waals surface area contributed by atoms with Gasteiger partial charge in [-0.25, -0.2) is 0 Å². The van der Waals surface area contributed by atoms with Crippen molar-refractivity contribution in [2.75, 3.05) is 6.61 Å². The van der Waals surface area contributed by atoms with Crippen molar-refractivity contribution in [2.24, 2.45) is 0 Å². The van der Waals surface area contributed by atoms with Gasteiger partial charge in [-0.15, -0.1) is 0 Å². The highest BCUT2D eigenvalue weighted by Gasteiger charge is 2.14. The lowest BCUT2D eigenvalue weighted by molar-refractivity contribution is 0.219. The van der Waals surface area contributed by atoms with Crippen LogP contribution in [0.25, 0.3) is 0 Å². The van der Waals surface area contributed by atoms with Gasteiger partial charge in [-0.05, 0) is 42.3 Å². The van der Waals surface area contributed by atoms with E-state index in [1.807, 2.05) is 37.3 Å². The fraction of sp³-hybridized carbons (Fsp3) is 0.200. The van der Waals surface area contributed by atoms with E-state index in [9.17, 15) is 5.11 Å². The minimum absolute atomic E-state index is 0.617. The maximum Gasteiger partial charge on any atom is 0.120 e. The maximum atomic E-state index is 10.4. The first-order valence-corrected chi connectivity index (χ1v) is 7.14. The summed E-state index contributed by atoms with van der Waals surface area (Å²) in [6.07, 6.45) is -0.692. The molecule has 100 valence electrons. The van der Waals surface area contributed by atoms with Gasteiger partial charge in [0, 0.05) is 9.50 Å². The summed E-state index contributed by atoms with van der Waals surface area (Å²) in [6.45, 7) is 2.55. The lowest BCUT2D eigenvalue weighted by Gasteiger charge is -2.14. The van der Waals surface area contributed by atoms with E-state index in [-0.39, 0.29) is 0 Å². The summed E-state index contributed by atoms with van der Waals surface area (Å²) < 4.78 is 6.23. The molecule has 0 fully saturated rings. The Morgan fingerprint density at radius 3 is 2.47 bits per heavy atom. The van der Waals surface area contributed by atoms with Crippen molar-refractivity contribution in [1.29, 1.82) is 0 Å². The van der Waals surface area contributed by atoms with E-state index in [0.717, 1.165) is 21.3 Å². The molecule has 0 spiro atoms. The topological polar surface area (TPSA) is 29.5 Å². The Labute approximate surface area is 126 Å². The molecule has 0 radical (unpaired) electrons. The summed E-state index contributed by atoms with van der Waals surface area (Å²) in [5.41, 5.74) is 1.60. The quantitative estimate of drug-likeness (QED) is 0.882. The molecule has 0 aliphatic carbocycles. The van der Waals surface area contributed by atoms with E-state index in [1.165, 1.54) is 0 Å². The smallest absolute Gasteiger partial charge is 0.120 e. The van der Waals surface area contributed by atoms with E-state index >= 15 is 0 Å². The second-order valence-corrected chi connectivity index (χ2v) is 5.36. The molecule has 2 nitrogen and oxygen atoms in total. The largest absolute Gasteiger partial charge is 0.494 e. The zero-order valence-electron chi connectivity index (χ0n) is 10.4. The zero-order chi connectivity index (χ0) is 13.8. The molecule has 2 aromatic rings. The molecule has 0 saturated heterocycles. The standard InChI is InChI=1S/C15H14BrClO2/c1-2-19-12-7-8-13(14(16)9-12)15(18)10-3-5-11(17)6-4-10/h3-9,15,18H,2H2,1H3. The molecule has 0 heterocycles. The normalized spacial score (nSPS) is 12.2. The van der Waals surface area contributed by atoms with Crippen molar-refractivity contribution in [3.05, 3.63) is 63.1 Å². The summed E-state index contributed by atoms with van der Waals surface area (Å²) in [6, 6.07) is 12.7. The SMILES string of the molecule is CCOc1ccc(C(O)c2ccc(Cl)cc2)c(Br)c1. The average Bonchev–Trinajstić information content (AvgIpc) is 2.39. The van der Waals surface area contributed by atoms with Crippen LogP contribution in [0.1, 0.15) is 24.2 Å². The number of hydrogen-bond acceptors (Lipinski definition) is 2. The lowest BCUT2D eigenvalue weighted by atomic mass is 10.0. The van der Waals surface area contributed by atoms with Gasteiger partial charge in [0.2, 0.25) is 0 Å². The summed E-state index contributed by atoms with van der Waals surface area (Å²) in [5.74, 6) is 0.779. The molecule has 0 bridgehead atoms. The first-order chi connectivity index (χ1) is 9.11. The third kappa shape index (κ3) is 3.50. The van der Waals surface area contributed by atoms with Gasteiger partial charge in [0.15, 0.2) is 0 Å². The molecule has 0 aromatic heterocycles. The summed E-state index contributed by atoms with van der Waals surface area (Å²) >= 11 is 9.31. The molecule has 0 saturated carbocycles. The highest BCUT2D eigenvalue weighted by molar-refractivity contribution is 9.10. The van der Waals surface area contributed by atoms with Gasteiger partial charge in [-0.2, -0.15) is 0 Å². The summed E-state index contributed by atoms with van der Waals surface area (Å²) in [7, 11) is 0. The monoisotopic (exact) mass is 340 g/mol. The van der Waals surface area contributed by atoms with Gasteiger partial charge in [0.05, 0.1) is 6.61 Å². The van der Waals surface area contributed by atoms with Crippen molar-refractivity contribution < 1.29 is 9.84 Å². The number of ether oxygens (including phenoxy) is 1. The molecule has 1 unspecified atom stereocenters. The minimum Gasteiger partial charge on any atom is -0.494 e. The van der Waals surface area contributed by atoms with Crippen molar-refractivity contribution >= 4 is 27.5 Å². The molecule has 1 N–H and O–H groups in total. The Balaban J connectivity index is 2.28. The van der Waals surface area contributed by atoms with Gasteiger partial charge < -0.3 is 9.84 Å². The molecule has 0 amide bonds. The molecule has 2 aromatic carbocycles. The predicted octanol–water partition coefficient (Wildman–Crippen LogP) is 4.58. The number of halogens is 2. The van der Waals surface area contributed by atoms with Crippen molar-refractivity contribution in [3.63, 3.8) is 0 Å². The van der Waals surface area contributed by atoms with Crippen LogP contribution in [0.3, 0.4) is 0 Å².